The minimum Gasteiger partial charge on any atom is -0.454 e. The molecule has 0 aromatic heterocycles. The molecule has 6 heteroatoms. The topological polar surface area (TPSA) is 26.3 Å². The summed E-state index contributed by atoms with van der Waals surface area (Å²) in [7, 11) is 0. The van der Waals surface area contributed by atoms with Gasteiger partial charge in [0, 0.05) is 0 Å². The zero-order valence-corrected chi connectivity index (χ0v) is 10.6. The lowest BCUT2D eigenvalue weighted by atomic mass is 10.1. The Balaban J connectivity index is 3.56. The first-order chi connectivity index (χ1) is 8.37. The van der Waals surface area contributed by atoms with Gasteiger partial charge in [-0.05, 0) is 12.8 Å². The standard InChI is InChI=1S/C12H20F4O2/c1-2-3-4-5-6-7-8-10(13)11(17)18-9-12(14,15)16/h10H,2-9H2,1H3. The van der Waals surface area contributed by atoms with E-state index in [0.29, 0.717) is 6.42 Å². The molecular formula is C12H20F4O2. The number of carbonyl (C=O) groups excluding carboxylic acids is 1. The Hall–Kier alpha value is -0.810. The summed E-state index contributed by atoms with van der Waals surface area (Å²) in [6.07, 6.45) is -1.09. The van der Waals surface area contributed by atoms with Crippen LogP contribution in [0.25, 0.3) is 0 Å². The molecule has 0 radical (unpaired) electrons. The quantitative estimate of drug-likeness (QED) is 0.357. The molecular weight excluding hydrogens is 252 g/mol. The largest absolute Gasteiger partial charge is 0.454 e. The van der Waals surface area contributed by atoms with E-state index in [2.05, 4.69) is 11.7 Å². The maximum atomic E-state index is 13.1. The molecule has 0 saturated carbocycles. The Bertz CT molecular complexity index is 229. The smallest absolute Gasteiger partial charge is 0.422 e. The van der Waals surface area contributed by atoms with Crippen molar-refractivity contribution in [1.29, 1.82) is 0 Å². The van der Waals surface area contributed by atoms with Crippen molar-refractivity contribution in [1.82, 2.24) is 0 Å². The van der Waals surface area contributed by atoms with Crippen LogP contribution in [0, 0.1) is 0 Å². The van der Waals surface area contributed by atoms with Gasteiger partial charge in [0.2, 0.25) is 0 Å². The predicted octanol–water partition coefficient (Wildman–Crippen LogP) is 4.18. The van der Waals surface area contributed by atoms with Gasteiger partial charge in [-0.2, -0.15) is 13.2 Å². The normalized spacial score (nSPS) is 13.4. The minimum atomic E-state index is -4.60. The third-order valence-corrected chi connectivity index (χ3v) is 2.44. The highest BCUT2D eigenvalue weighted by Gasteiger charge is 2.31. The molecule has 0 aliphatic rings. The van der Waals surface area contributed by atoms with Crippen molar-refractivity contribution in [2.75, 3.05) is 6.61 Å². The SMILES string of the molecule is CCCCCCCCC(F)C(=O)OCC(F)(F)F. The van der Waals surface area contributed by atoms with E-state index in [1.54, 1.807) is 0 Å². The van der Waals surface area contributed by atoms with Gasteiger partial charge in [0.25, 0.3) is 0 Å². The van der Waals surface area contributed by atoms with E-state index in [9.17, 15) is 22.4 Å². The number of carbonyl (C=O) groups is 1. The molecule has 0 aromatic rings. The number of hydrogen-bond acceptors (Lipinski definition) is 2. The van der Waals surface area contributed by atoms with Gasteiger partial charge >= 0.3 is 12.1 Å². The molecule has 18 heavy (non-hydrogen) atoms. The molecule has 0 amide bonds. The highest BCUT2D eigenvalue weighted by Crippen LogP contribution is 2.16. The van der Waals surface area contributed by atoms with Gasteiger partial charge in [0.15, 0.2) is 12.8 Å². The molecule has 108 valence electrons. The Kier molecular flexibility index (Phi) is 8.75. The van der Waals surface area contributed by atoms with Gasteiger partial charge in [-0.3, -0.25) is 0 Å². The Morgan fingerprint density at radius 3 is 2.22 bits per heavy atom. The Morgan fingerprint density at radius 2 is 1.67 bits per heavy atom. The second kappa shape index (κ2) is 9.16. The van der Waals surface area contributed by atoms with Gasteiger partial charge in [0.05, 0.1) is 0 Å². The molecule has 1 unspecified atom stereocenters. The number of hydrogen-bond donors (Lipinski definition) is 0. The van der Waals surface area contributed by atoms with Crippen LogP contribution in [0.15, 0.2) is 0 Å². The fourth-order valence-electron chi connectivity index (χ4n) is 1.47. The lowest BCUT2D eigenvalue weighted by molar-refractivity contribution is -0.189. The van der Waals surface area contributed by atoms with E-state index in [1.807, 2.05) is 0 Å². The number of esters is 1. The summed E-state index contributed by atoms with van der Waals surface area (Å²) >= 11 is 0. The van der Waals surface area contributed by atoms with Gasteiger partial charge in [-0.1, -0.05) is 39.0 Å². The van der Waals surface area contributed by atoms with Crippen LogP contribution in [0.4, 0.5) is 17.6 Å². The average Bonchev–Trinajstić information content (AvgIpc) is 2.29. The van der Waals surface area contributed by atoms with Crippen molar-refractivity contribution < 1.29 is 27.1 Å². The van der Waals surface area contributed by atoms with E-state index in [1.165, 1.54) is 0 Å². The van der Waals surface area contributed by atoms with E-state index >= 15 is 0 Å². The maximum absolute atomic E-state index is 13.1. The molecule has 2 nitrogen and oxygen atoms in total. The molecule has 0 aliphatic carbocycles. The highest BCUT2D eigenvalue weighted by molar-refractivity contribution is 5.74. The van der Waals surface area contributed by atoms with Gasteiger partial charge in [-0.15, -0.1) is 0 Å². The van der Waals surface area contributed by atoms with Crippen LogP contribution < -0.4 is 0 Å². The van der Waals surface area contributed by atoms with Gasteiger partial charge in [-0.25, -0.2) is 9.18 Å². The molecule has 1 atom stereocenters. The molecule has 0 heterocycles. The molecule has 0 fully saturated rings. The van der Waals surface area contributed by atoms with Crippen molar-refractivity contribution in [3.8, 4) is 0 Å². The third-order valence-electron chi connectivity index (χ3n) is 2.44. The van der Waals surface area contributed by atoms with Crippen molar-refractivity contribution >= 4 is 5.97 Å². The van der Waals surface area contributed by atoms with E-state index in [-0.39, 0.29) is 6.42 Å². The molecule has 0 aromatic carbocycles. The van der Waals surface area contributed by atoms with E-state index < -0.39 is 24.9 Å². The Labute approximate surface area is 105 Å². The molecule has 0 bridgehead atoms. The summed E-state index contributed by atoms with van der Waals surface area (Å²) in [5.74, 6) is -1.42. The van der Waals surface area contributed by atoms with Crippen LogP contribution in [0.3, 0.4) is 0 Å². The monoisotopic (exact) mass is 272 g/mol. The summed E-state index contributed by atoms with van der Waals surface area (Å²) in [6.45, 7) is 0.358. The van der Waals surface area contributed by atoms with Crippen molar-refractivity contribution in [2.45, 2.75) is 64.2 Å². The second-order valence-corrected chi connectivity index (χ2v) is 4.25. The number of halogens is 4. The summed E-state index contributed by atoms with van der Waals surface area (Å²) < 4.78 is 52.0. The number of alkyl halides is 4. The Morgan fingerprint density at radius 1 is 1.11 bits per heavy atom. The molecule has 0 spiro atoms. The number of ether oxygens (including phenoxy) is 1. The molecule has 0 aliphatic heterocycles. The zero-order valence-electron chi connectivity index (χ0n) is 10.6. The molecule has 0 N–H and O–H groups in total. The van der Waals surface area contributed by atoms with Gasteiger partial charge < -0.3 is 4.74 Å². The van der Waals surface area contributed by atoms with Crippen molar-refractivity contribution in [3.63, 3.8) is 0 Å². The van der Waals surface area contributed by atoms with Crippen LogP contribution in [-0.4, -0.2) is 24.9 Å². The van der Waals surface area contributed by atoms with Crippen LogP contribution >= 0.6 is 0 Å². The second-order valence-electron chi connectivity index (χ2n) is 4.25. The lowest BCUT2D eigenvalue weighted by Gasteiger charge is -2.10. The van der Waals surface area contributed by atoms with E-state index in [4.69, 9.17) is 0 Å². The highest BCUT2D eigenvalue weighted by atomic mass is 19.4. The number of rotatable bonds is 9. The lowest BCUT2D eigenvalue weighted by Crippen LogP contribution is -2.25. The van der Waals surface area contributed by atoms with Crippen molar-refractivity contribution in [2.24, 2.45) is 0 Å². The minimum absolute atomic E-state index is 0.0667. The third kappa shape index (κ3) is 10.4. The summed E-state index contributed by atoms with van der Waals surface area (Å²) in [6, 6.07) is 0. The summed E-state index contributed by atoms with van der Waals surface area (Å²) in [5.41, 5.74) is 0. The summed E-state index contributed by atoms with van der Waals surface area (Å²) in [4.78, 5) is 10.9. The first-order valence-electron chi connectivity index (χ1n) is 6.24. The zero-order chi connectivity index (χ0) is 14.0. The van der Waals surface area contributed by atoms with E-state index in [0.717, 1.165) is 32.1 Å². The molecule has 0 rings (SSSR count). The van der Waals surface area contributed by atoms with Crippen LogP contribution in [0.1, 0.15) is 51.9 Å². The fraction of sp³-hybridized carbons (Fsp3) is 0.917. The van der Waals surface area contributed by atoms with Crippen LogP contribution in [0.5, 0.6) is 0 Å². The van der Waals surface area contributed by atoms with Crippen LogP contribution in [0.2, 0.25) is 0 Å². The molecule has 0 saturated heterocycles. The average molecular weight is 272 g/mol. The van der Waals surface area contributed by atoms with Crippen molar-refractivity contribution in [3.05, 3.63) is 0 Å². The van der Waals surface area contributed by atoms with Crippen LogP contribution in [-0.2, 0) is 9.53 Å². The first kappa shape index (κ1) is 17.2. The summed E-state index contributed by atoms with van der Waals surface area (Å²) in [5, 5.41) is 0. The van der Waals surface area contributed by atoms with Gasteiger partial charge in [0.1, 0.15) is 0 Å². The fourth-order valence-corrected chi connectivity index (χ4v) is 1.47. The maximum Gasteiger partial charge on any atom is 0.422 e. The predicted molar refractivity (Wildman–Crippen MR) is 59.9 cm³/mol. The first-order valence-corrected chi connectivity index (χ1v) is 6.24. The number of unbranched alkanes of at least 4 members (excludes halogenated alkanes) is 5.